The van der Waals surface area contributed by atoms with Gasteiger partial charge in [0.05, 0.1) is 29.8 Å². The maximum atomic E-state index is 14.8. The van der Waals surface area contributed by atoms with Crippen LogP contribution in [0.3, 0.4) is 0 Å². The van der Waals surface area contributed by atoms with Crippen LogP contribution in [0.25, 0.3) is 11.3 Å². The predicted octanol–water partition coefficient (Wildman–Crippen LogP) is 4.71. The first-order valence-corrected chi connectivity index (χ1v) is 11.0. The molecule has 1 amide bonds. The van der Waals surface area contributed by atoms with Crippen LogP contribution in [0.2, 0.25) is 0 Å². The number of aliphatic carboxylic acids is 1. The largest absolute Gasteiger partial charge is 0.481 e. The molecule has 3 aromatic rings. The molecule has 1 aromatic carbocycles. The fourth-order valence-corrected chi connectivity index (χ4v) is 4.43. The van der Waals surface area contributed by atoms with Gasteiger partial charge in [-0.15, -0.1) is 0 Å². The van der Waals surface area contributed by atoms with Crippen molar-refractivity contribution in [3.63, 3.8) is 0 Å². The highest BCUT2D eigenvalue weighted by Gasteiger charge is 2.38. The molecule has 0 bridgehead atoms. The van der Waals surface area contributed by atoms with E-state index in [0.29, 0.717) is 41.8 Å². The van der Waals surface area contributed by atoms with Gasteiger partial charge in [0.1, 0.15) is 0 Å². The second-order valence-corrected chi connectivity index (χ2v) is 8.69. The van der Waals surface area contributed by atoms with Gasteiger partial charge in [0.2, 0.25) is 11.9 Å². The van der Waals surface area contributed by atoms with E-state index in [-0.39, 0.29) is 11.8 Å². The Balaban J connectivity index is 1.71. The normalized spacial score (nSPS) is 18.9. The summed E-state index contributed by atoms with van der Waals surface area (Å²) in [6, 6.07) is 9.91. The van der Waals surface area contributed by atoms with Crippen molar-refractivity contribution in [1.29, 1.82) is 0 Å². The molecule has 0 radical (unpaired) electrons. The minimum absolute atomic E-state index is 0.0378. The summed E-state index contributed by atoms with van der Waals surface area (Å²) in [6.07, 6.45) is 4.56. The first-order valence-electron chi connectivity index (χ1n) is 11.0. The highest BCUT2D eigenvalue weighted by molar-refractivity contribution is 5.85. The van der Waals surface area contributed by atoms with Crippen molar-refractivity contribution >= 4 is 11.9 Å². The first-order chi connectivity index (χ1) is 15.8. The Kier molecular flexibility index (Phi) is 6.53. The van der Waals surface area contributed by atoms with Crippen molar-refractivity contribution in [2.24, 2.45) is 11.8 Å². The molecule has 7 nitrogen and oxygen atoms in total. The molecule has 8 heteroatoms. The van der Waals surface area contributed by atoms with Gasteiger partial charge in [0.25, 0.3) is 0 Å². The second-order valence-electron chi connectivity index (χ2n) is 8.69. The highest BCUT2D eigenvalue weighted by Crippen LogP contribution is 2.34. The van der Waals surface area contributed by atoms with Crippen molar-refractivity contribution in [3.8, 4) is 11.3 Å². The summed E-state index contributed by atoms with van der Waals surface area (Å²) in [5.41, 5.74) is 2.24. The van der Waals surface area contributed by atoms with E-state index in [1.54, 1.807) is 24.4 Å². The zero-order chi connectivity index (χ0) is 23.5. The van der Waals surface area contributed by atoms with Crippen LogP contribution < -0.4 is 5.32 Å². The molecular weight excluding hydrogens is 425 g/mol. The number of hydrogen-bond acceptors (Lipinski definition) is 5. The van der Waals surface area contributed by atoms with Crippen LogP contribution in [0.4, 0.5) is 4.39 Å². The summed E-state index contributed by atoms with van der Waals surface area (Å²) in [4.78, 5) is 32.9. The fraction of sp³-hybridized carbons (Fsp3) is 0.360. The predicted molar refractivity (Wildman–Crippen MR) is 119 cm³/mol. The number of carbonyl (C=O) groups excluding carboxylic acids is 1. The van der Waals surface area contributed by atoms with Crippen LogP contribution in [0.15, 0.2) is 53.4 Å². The van der Waals surface area contributed by atoms with Gasteiger partial charge in [-0.05, 0) is 36.5 Å². The molecule has 3 unspecified atom stereocenters. The third-order valence-electron chi connectivity index (χ3n) is 6.21. The summed E-state index contributed by atoms with van der Waals surface area (Å²) >= 11 is 0. The van der Waals surface area contributed by atoms with Gasteiger partial charge in [-0.1, -0.05) is 44.5 Å². The molecule has 0 saturated heterocycles. The Bertz CT molecular complexity index is 1150. The molecule has 1 fully saturated rings. The lowest BCUT2D eigenvalue weighted by molar-refractivity contribution is -0.146. The van der Waals surface area contributed by atoms with E-state index < -0.39 is 29.8 Å². The maximum Gasteiger partial charge on any atom is 0.307 e. The van der Waals surface area contributed by atoms with Crippen LogP contribution in [-0.2, 0) is 9.59 Å². The average molecular weight is 451 g/mol. The van der Waals surface area contributed by atoms with E-state index in [1.165, 1.54) is 6.39 Å². The molecule has 2 aromatic heterocycles. The van der Waals surface area contributed by atoms with Crippen molar-refractivity contribution in [2.45, 2.75) is 45.1 Å². The van der Waals surface area contributed by atoms with Crippen LogP contribution in [0.1, 0.15) is 61.9 Å². The molecule has 2 N–H and O–H groups in total. The third-order valence-corrected chi connectivity index (χ3v) is 6.21. The van der Waals surface area contributed by atoms with Crippen LogP contribution >= 0.6 is 0 Å². The van der Waals surface area contributed by atoms with Crippen molar-refractivity contribution in [3.05, 3.63) is 71.8 Å². The number of halogens is 1. The summed E-state index contributed by atoms with van der Waals surface area (Å²) in [7, 11) is 0. The Morgan fingerprint density at radius 1 is 1.18 bits per heavy atom. The van der Waals surface area contributed by atoms with Crippen molar-refractivity contribution in [2.75, 3.05) is 0 Å². The first kappa shape index (κ1) is 22.6. The topological polar surface area (TPSA) is 105 Å². The Morgan fingerprint density at radius 3 is 2.64 bits per heavy atom. The molecule has 1 aliphatic rings. The average Bonchev–Trinajstić information content (AvgIpc) is 3.49. The fourth-order valence-electron chi connectivity index (χ4n) is 4.43. The smallest absolute Gasteiger partial charge is 0.307 e. The third kappa shape index (κ3) is 4.79. The van der Waals surface area contributed by atoms with E-state index in [4.69, 9.17) is 4.42 Å². The lowest BCUT2D eigenvalue weighted by Crippen LogP contribution is -2.38. The molecular formula is C25H26FN3O4. The number of pyridine rings is 1. The van der Waals surface area contributed by atoms with Gasteiger partial charge in [0.15, 0.2) is 12.2 Å². The Labute approximate surface area is 191 Å². The number of nitrogens with one attached hydrogen (secondary N) is 1. The lowest BCUT2D eigenvalue weighted by atomic mass is 9.93. The van der Waals surface area contributed by atoms with Gasteiger partial charge in [-0.2, -0.15) is 4.39 Å². The van der Waals surface area contributed by atoms with E-state index in [0.717, 1.165) is 5.56 Å². The van der Waals surface area contributed by atoms with E-state index in [2.05, 4.69) is 15.3 Å². The standard InChI is InChI=1S/C25H26FN3O4/c1-14(2)17-9-10-20(28-23(17)26)22(29-24(30)18-7-4-8-19(18)25(31)32)16-6-3-5-15(11-16)21-12-27-13-33-21/h3,5-6,9-14,18-19,22H,4,7-8H2,1-2H3,(H,29,30)(H,31,32). The second kappa shape index (κ2) is 9.52. The van der Waals surface area contributed by atoms with Crippen molar-refractivity contribution < 1.29 is 23.5 Å². The van der Waals surface area contributed by atoms with E-state index in [1.807, 2.05) is 32.0 Å². The lowest BCUT2D eigenvalue weighted by Gasteiger charge is -2.23. The quantitative estimate of drug-likeness (QED) is 0.504. The number of carboxylic acids is 1. The number of rotatable bonds is 7. The minimum atomic E-state index is -0.970. The Hall–Kier alpha value is -3.55. The Morgan fingerprint density at radius 2 is 1.97 bits per heavy atom. The highest BCUT2D eigenvalue weighted by atomic mass is 19.1. The van der Waals surface area contributed by atoms with E-state index in [9.17, 15) is 19.1 Å². The zero-order valence-corrected chi connectivity index (χ0v) is 18.5. The molecule has 172 valence electrons. The SMILES string of the molecule is CC(C)c1ccc(C(NC(=O)C2CCCC2C(=O)O)c2cccc(-c3cnco3)c2)nc1F. The summed E-state index contributed by atoms with van der Waals surface area (Å²) in [6.45, 7) is 3.76. The number of aromatic nitrogens is 2. The number of hydrogen-bond donors (Lipinski definition) is 2. The number of oxazole rings is 1. The molecule has 1 aliphatic carbocycles. The van der Waals surface area contributed by atoms with Crippen molar-refractivity contribution in [1.82, 2.24) is 15.3 Å². The number of amides is 1. The molecule has 1 saturated carbocycles. The van der Waals surface area contributed by atoms with Crippen LogP contribution in [0, 0.1) is 17.8 Å². The van der Waals surface area contributed by atoms with Gasteiger partial charge in [-0.3, -0.25) is 9.59 Å². The molecule has 0 aliphatic heterocycles. The molecule has 3 atom stereocenters. The monoisotopic (exact) mass is 451 g/mol. The molecule has 0 spiro atoms. The minimum Gasteiger partial charge on any atom is -0.481 e. The maximum absolute atomic E-state index is 14.8. The zero-order valence-electron chi connectivity index (χ0n) is 18.5. The van der Waals surface area contributed by atoms with Crippen LogP contribution in [0.5, 0.6) is 0 Å². The summed E-state index contributed by atoms with van der Waals surface area (Å²) in [5.74, 6) is -2.77. The molecule has 4 rings (SSSR count). The van der Waals surface area contributed by atoms with E-state index >= 15 is 0 Å². The molecule has 2 heterocycles. The van der Waals surface area contributed by atoms with Gasteiger partial charge < -0.3 is 14.8 Å². The number of carbonyl (C=O) groups is 2. The summed E-state index contributed by atoms with van der Waals surface area (Å²) in [5, 5.41) is 12.5. The summed E-state index contributed by atoms with van der Waals surface area (Å²) < 4.78 is 20.1. The van der Waals surface area contributed by atoms with Gasteiger partial charge in [-0.25, -0.2) is 9.97 Å². The number of nitrogens with zero attached hydrogens (tertiary/aromatic N) is 2. The van der Waals surface area contributed by atoms with Gasteiger partial charge in [0, 0.05) is 11.1 Å². The van der Waals surface area contributed by atoms with Crippen LogP contribution in [-0.4, -0.2) is 27.0 Å². The molecule has 33 heavy (non-hydrogen) atoms. The number of carboxylic acid groups (broad SMARTS) is 1. The number of benzene rings is 1. The van der Waals surface area contributed by atoms with Gasteiger partial charge >= 0.3 is 5.97 Å².